The molecule has 0 saturated heterocycles. The van der Waals surface area contributed by atoms with E-state index in [9.17, 15) is 28.1 Å². The zero-order valence-corrected chi connectivity index (χ0v) is 25.5. The van der Waals surface area contributed by atoms with E-state index in [0.717, 1.165) is 47.2 Å². The molecule has 12 heteroatoms. The third kappa shape index (κ3) is 10.2. The van der Waals surface area contributed by atoms with Gasteiger partial charge in [-0.05, 0) is 61.6 Å². The van der Waals surface area contributed by atoms with Crippen molar-refractivity contribution in [1.29, 1.82) is 0 Å². The van der Waals surface area contributed by atoms with Crippen LogP contribution in [0.5, 0.6) is 0 Å². The summed E-state index contributed by atoms with van der Waals surface area (Å²) in [4.78, 5) is 24.6. The van der Waals surface area contributed by atoms with Crippen LogP contribution in [0.3, 0.4) is 0 Å². The van der Waals surface area contributed by atoms with Crippen LogP contribution in [-0.2, 0) is 5.92 Å². The summed E-state index contributed by atoms with van der Waals surface area (Å²) in [5, 5.41) is 18.4. The number of hydrogen-bond donors (Lipinski definition) is 1. The van der Waals surface area contributed by atoms with Crippen LogP contribution in [0, 0.1) is 16.0 Å². The fraction of sp³-hybridized carbons (Fsp3) is 0.556. The van der Waals surface area contributed by atoms with Crippen LogP contribution in [-0.4, -0.2) is 26.9 Å². The molecule has 1 atom stereocenters. The number of nitrogens with one attached hydrogen (secondary N) is 1. The number of allylic oxidation sites excluding steroid dienone is 3. The lowest BCUT2D eigenvalue weighted by molar-refractivity contribution is -0.419. The van der Waals surface area contributed by atoms with Gasteiger partial charge >= 0.3 is 5.69 Å². The highest BCUT2D eigenvalue weighted by atomic mass is 35.5. The van der Waals surface area contributed by atoms with Crippen molar-refractivity contribution in [1.82, 2.24) is 14.8 Å². The summed E-state index contributed by atoms with van der Waals surface area (Å²) in [5.41, 5.74) is -0.386. The van der Waals surface area contributed by atoms with Gasteiger partial charge < -0.3 is 0 Å². The number of aromatic amines is 1. The zero-order chi connectivity index (χ0) is 30.3. The number of thioether (sulfide) groups is 1. The van der Waals surface area contributed by atoms with Gasteiger partial charge in [0, 0.05) is 23.6 Å². The average molecular weight is 593 g/mol. The zero-order valence-electron chi connectivity index (χ0n) is 23.9. The SMILES string of the molecule is CC.CCCC(CC)/C(=C/C(=C(\CC)Sc1n[nH]c(=O)n1-c1ccc(Cl)cc1C(C)(F)F)[N+](=O)[O-])CC.CF. The molecule has 1 aromatic carbocycles. The van der Waals surface area contributed by atoms with E-state index in [1.807, 2.05) is 20.8 Å². The fourth-order valence-electron chi connectivity index (χ4n) is 3.95. The van der Waals surface area contributed by atoms with Crippen molar-refractivity contribution in [3.63, 3.8) is 0 Å². The molecule has 2 aromatic rings. The van der Waals surface area contributed by atoms with Gasteiger partial charge in [-0.2, -0.15) is 0 Å². The van der Waals surface area contributed by atoms with Crippen LogP contribution >= 0.6 is 23.4 Å². The molecule has 1 heterocycles. The van der Waals surface area contributed by atoms with Gasteiger partial charge in [-0.3, -0.25) is 14.5 Å². The molecule has 0 spiro atoms. The van der Waals surface area contributed by atoms with Crippen LogP contribution in [0.1, 0.15) is 86.1 Å². The number of aromatic nitrogens is 3. The van der Waals surface area contributed by atoms with Crippen LogP contribution in [0.4, 0.5) is 13.2 Å². The van der Waals surface area contributed by atoms with E-state index >= 15 is 0 Å². The van der Waals surface area contributed by atoms with E-state index < -0.39 is 22.1 Å². The molecular weight excluding hydrogens is 553 g/mol. The van der Waals surface area contributed by atoms with Gasteiger partial charge in [0.15, 0.2) is 0 Å². The topological polar surface area (TPSA) is 93.8 Å². The summed E-state index contributed by atoms with van der Waals surface area (Å²) < 4.78 is 39.2. The molecule has 0 aliphatic heterocycles. The van der Waals surface area contributed by atoms with E-state index in [0.29, 0.717) is 25.4 Å². The molecule has 0 amide bonds. The molecule has 39 heavy (non-hydrogen) atoms. The summed E-state index contributed by atoms with van der Waals surface area (Å²) in [6.45, 7) is 12.6. The summed E-state index contributed by atoms with van der Waals surface area (Å²) in [7, 11) is 0.500. The lowest BCUT2D eigenvalue weighted by Crippen LogP contribution is -2.20. The van der Waals surface area contributed by atoms with Crippen LogP contribution in [0.15, 0.2) is 50.4 Å². The molecule has 0 bridgehead atoms. The maximum absolute atomic E-state index is 14.3. The highest BCUT2D eigenvalue weighted by Gasteiger charge is 2.31. The summed E-state index contributed by atoms with van der Waals surface area (Å²) in [6.07, 6.45) is 5.35. The predicted molar refractivity (Wildman–Crippen MR) is 154 cm³/mol. The average Bonchev–Trinajstić information content (AvgIpc) is 3.28. The van der Waals surface area contributed by atoms with Gasteiger partial charge in [0.2, 0.25) is 5.16 Å². The van der Waals surface area contributed by atoms with E-state index in [-0.39, 0.29) is 33.9 Å². The largest absolute Gasteiger partial charge is 0.348 e. The lowest BCUT2D eigenvalue weighted by Gasteiger charge is -2.18. The minimum atomic E-state index is -3.29. The first kappa shape index (κ1) is 36.5. The van der Waals surface area contributed by atoms with Crippen molar-refractivity contribution in [3.05, 3.63) is 71.6 Å². The second kappa shape index (κ2) is 17.9. The van der Waals surface area contributed by atoms with Gasteiger partial charge in [0.25, 0.3) is 11.6 Å². The van der Waals surface area contributed by atoms with E-state index in [2.05, 4.69) is 24.0 Å². The van der Waals surface area contributed by atoms with Crippen molar-refractivity contribution in [2.45, 2.75) is 91.6 Å². The Hall–Kier alpha value is -2.53. The van der Waals surface area contributed by atoms with Crippen LogP contribution in [0.2, 0.25) is 5.02 Å². The van der Waals surface area contributed by atoms with Crippen LogP contribution in [0.25, 0.3) is 5.69 Å². The van der Waals surface area contributed by atoms with Gasteiger partial charge in [-0.1, -0.05) is 65.1 Å². The van der Waals surface area contributed by atoms with E-state index in [4.69, 9.17) is 11.6 Å². The third-order valence-electron chi connectivity index (χ3n) is 5.72. The van der Waals surface area contributed by atoms with Gasteiger partial charge in [-0.25, -0.2) is 23.2 Å². The maximum atomic E-state index is 14.3. The molecule has 0 aliphatic rings. The molecule has 7 nitrogen and oxygen atoms in total. The molecule has 0 saturated carbocycles. The first-order valence-electron chi connectivity index (χ1n) is 13.0. The molecule has 220 valence electrons. The van der Waals surface area contributed by atoms with Gasteiger partial charge in [0.1, 0.15) is 0 Å². The number of hydrogen-bond acceptors (Lipinski definition) is 5. The standard InChI is InChI=1S/C24H31ClF2N4O3S.C2H6.CH3F/c1-6-10-15(7-2)16(8-3)13-20(31(33)34)21(9-4)35-23-29-28-22(32)30(23)19-12-11-17(25)14-18(19)24(5,26)27;2*1-2/h11-15H,6-10H2,1-5H3,(H,28,32);1-2H3;1H3/b16-13+,21-20-;;. The van der Waals surface area contributed by atoms with Crippen molar-refractivity contribution >= 4 is 23.4 Å². The van der Waals surface area contributed by atoms with Gasteiger partial charge in [0.05, 0.1) is 22.7 Å². The molecule has 0 aliphatic carbocycles. The Kier molecular flexibility index (Phi) is 16.8. The Bertz CT molecular complexity index is 1170. The first-order chi connectivity index (χ1) is 18.5. The predicted octanol–water partition coefficient (Wildman–Crippen LogP) is 9.09. The second-order valence-corrected chi connectivity index (χ2v) is 9.68. The number of nitro groups is 1. The molecule has 1 aromatic heterocycles. The molecule has 1 N–H and O–H groups in total. The van der Waals surface area contributed by atoms with Crippen molar-refractivity contribution < 1.29 is 18.1 Å². The molecule has 2 rings (SSSR count). The summed E-state index contributed by atoms with van der Waals surface area (Å²) in [5.74, 6) is -3.06. The first-order valence-corrected chi connectivity index (χ1v) is 14.2. The Labute approximate surface area is 238 Å². The minimum Gasteiger partial charge on any atom is -0.258 e. The molecular formula is C27H40ClF3N4O3S. The monoisotopic (exact) mass is 592 g/mol. The Morgan fingerprint density at radius 2 is 1.85 bits per heavy atom. The maximum Gasteiger partial charge on any atom is 0.348 e. The Morgan fingerprint density at radius 3 is 2.31 bits per heavy atom. The second-order valence-electron chi connectivity index (χ2n) is 8.18. The fourth-order valence-corrected chi connectivity index (χ4v) is 5.09. The highest BCUT2D eigenvalue weighted by molar-refractivity contribution is 8.03. The number of alkyl halides is 3. The number of halogens is 4. The van der Waals surface area contributed by atoms with Gasteiger partial charge in [-0.15, -0.1) is 5.10 Å². The Balaban J connectivity index is 0.00000344. The normalized spacial score (nSPS) is 13.0. The molecule has 0 fully saturated rings. The highest BCUT2D eigenvalue weighted by Crippen LogP contribution is 2.37. The number of nitrogens with zero attached hydrogens (tertiary/aromatic N) is 3. The smallest absolute Gasteiger partial charge is 0.258 e. The minimum absolute atomic E-state index is 0.0195. The van der Waals surface area contributed by atoms with Crippen LogP contribution < -0.4 is 5.69 Å². The van der Waals surface area contributed by atoms with E-state index in [1.54, 1.807) is 13.0 Å². The quantitative estimate of drug-likeness (QED) is 0.115. The molecule has 0 radical (unpaired) electrons. The third-order valence-corrected chi connectivity index (χ3v) is 7.15. The van der Waals surface area contributed by atoms with E-state index in [1.165, 1.54) is 12.1 Å². The van der Waals surface area contributed by atoms with Crippen molar-refractivity contribution in [3.8, 4) is 5.69 Å². The summed E-state index contributed by atoms with van der Waals surface area (Å²) >= 11 is 6.84. The number of benzene rings is 1. The number of H-pyrrole nitrogens is 1. The number of rotatable bonds is 12. The Morgan fingerprint density at radius 1 is 1.23 bits per heavy atom. The van der Waals surface area contributed by atoms with Crippen molar-refractivity contribution in [2.75, 3.05) is 7.18 Å². The molecule has 1 unspecified atom stereocenters. The lowest BCUT2D eigenvalue weighted by atomic mass is 9.89. The summed E-state index contributed by atoms with van der Waals surface area (Å²) in [6, 6.07) is 3.80. The van der Waals surface area contributed by atoms with Crippen molar-refractivity contribution in [2.24, 2.45) is 5.92 Å².